The third-order valence-electron chi connectivity index (χ3n) is 6.12. The zero-order valence-electron chi connectivity index (χ0n) is 17.2. The first-order valence-corrected chi connectivity index (χ1v) is 10.5. The Morgan fingerprint density at radius 2 is 1.42 bits per heavy atom. The second-order valence-electron chi connectivity index (χ2n) is 8.19. The highest BCUT2D eigenvalue weighted by Gasteiger charge is 2.52. The van der Waals surface area contributed by atoms with E-state index in [-0.39, 0.29) is 11.4 Å². The number of nitrogens with one attached hydrogen (secondary N) is 1. The molecule has 5 rings (SSSR count). The van der Waals surface area contributed by atoms with Crippen LogP contribution in [0.15, 0.2) is 109 Å². The maximum absolute atomic E-state index is 12.8. The lowest BCUT2D eigenvalue weighted by Gasteiger charge is -2.13. The Bertz CT molecular complexity index is 1200. The molecule has 1 fully saturated rings. The molecule has 1 aliphatic rings. The monoisotopic (exact) mass is 404 g/mol. The van der Waals surface area contributed by atoms with E-state index < -0.39 is 0 Å². The van der Waals surface area contributed by atoms with Crippen molar-refractivity contribution in [3.63, 3.8) is 0 Å². The molecule has 4 aromatic carbocycles. The molecule has 3 N–H and O–H groups in total. The van der Waals surface area contributed by atoms with Crippen molar-refractivity contribution in [1.29, 1.82) is 0 Å². The Morgan fingerprint density at radius 3 is 2.13 bits per heavy atom. The van der Waals surface area contributed by atoms with Gasteiger partial charge in [-0.1, -0.05) is 84.9 Å². The Morgan fingerprint density at radius 1 is 0.774 bits per heavy atom. The molecule has 3 nitrogen and oxygen atoms in total. The van der Waals surface area contributed by atoms with Gasteiger partial charge in [-0.25, -0.2) is 0 Å². The summed E-state index contributed by atoms with van der Waals surface area (Å²) >= 11 is 0. The Balaban J connectivity index is 1.28. The summed E-state index contributed by atoms with van der Waals surface area (Å²) in [6.45, 7) is 0. The fraction of sp³-hybridized carbons (Fsp3) is 0.107. The number of nitrogens with two attached hydrogens (primary N) is 1. The van der Waals surface area contributed by atoms with Crippen LogP contribution in [0.5, 0.6) is 0 Å². The van der Waals surface area contributed by atoms with Crippen LogP contribution in [0.25, 0.3) is 11.1 Å². The number of carbonyl (C=O) groups is 1. The molecule has 1 aliphatic carbocycles. The van der Waals surface area contributed by atoms with E-state index in [2.05, 4.69) is 29.6 Å². The first-order valence-electron chi connectivity index (χ1n) is 10.5. The highest BCUT2D eigenvalue weighted by atomic mass is 16.1. The molecule has 0 saturated heterocycles. The van der Waals surface area contributed by atoms with E-state index in [0.717, 1.165) is 23.2 Å². The molecule has 31 heavy (non-hydrogen) atoms. The van der Waals surface area contributed by atoms with Crippen LogP contribution in [0, 0.1) is 0 Å². The molecule has 0 aromatic heterocycles. The van der Waals surface area contributed by atoms with Gasteiger partial charge in [0, 0.05) is 22.7 Å². The van der Waals surface area contributed by atoms with Gasteiger partial charge in [0.2, 0.25) is 0 Å². The number of hydrogen-bond donors (Lipinski definition) is 2. The third kappa shape index (κ3) is 3.88. The van der Waals surface area contributed by atoms with Gasteiger partial charge in [-0.15, -0.1) is 0 Å². The first-order chi connectivity index (χ1) is 15.1. The van der Waals surface area contributed by atoms with Crippen LogP contribution in [0.4, 0.5) is 5.69 Å². The van der Waals surface area contributed by atoms with Gasteiger partial charge in [0.15, 0.2) is 0 Å². The number of rotatable bonds is 5. The molecule has 2 unspecified atom stereocenters. The third-order valence-corrected chi connectivity index (χ3v) is 6.12. The Kier molecular flexibility index (Phi) is 4.89. The van der Waals surface area contributed by atoms with E-state index in [4.69, 9.17) is 5.73 Å². The lowest BCUT2D eigenvalue weighted by atomic mass is 9.99. The quantitative estimate of drug-likeness (QED) is 0.432. The van der Waals surface area contributed by atoms with Gasteiger partial charge in [0.25, 0.3) is 5.91 Å². The smallest absolute Gasteiger partial charge is 0.255 e. The summed E-state index contributed by atoms with van der Waals surface area (Å²) in [6, 6.07) is 36.1. The van der Waals surface area contributed by atoms with Crippen LogP contribution in [-0.2, 0) is 5.54 Å². The second kappa shape index (κ2) is 7.86. The van der Waals surface area contributed by atoms with Gasteiger partial charge in [-0.2, -0.15) is 0 Å². The lowest BCUT2D eigenvalue weighted by molar-refractivity contribution is 0.102. The van der Waals surface area contributed by atoms with Crippen molar-refractivity contribution in [2.75, 3.05) is 5.32 Å². The lowest BCUT2D eigenvalue weighted by Crippen LogP contribution is -2.21. The number of carbonyl (C=O) groups excluding carboxylic acids is 1. The molecule has 0 radical (unpaired) electrons. The minimum Gasteiger partial charge on any atom is -0.322 e. The molecule has 0 spiro atoms. The van der Waals surface area contributed by atoms with Gasteiger partial charge in [-0.05, 0) is 52.9 Å². The highest BCUT2D eigenvalue weighted by molar-refractivity contribution is 6.05. The molecule has 2 atom stereocenters. The van der Waals surface area contributed by atoms with Gasteiger partial charge in [0.1, 0.15) is 0 Å². The summed E-state index contributed by atoms with van der Waals surface area (Å²) in [5.41, 5.74) is 12.3. The van der Waals surface area contributed by atoms with Gasteiger partial charge >= 0.3 is 0 Å². The topological polar surface area (TPSA) is 55.1 Å². The van der Waals surface area contributed by atoms with Crippen molar-refractivity contribution in [3.05, 3.63) is 126 Å². The molecule has 1 amide bonds. The van der Waals surface area contributed by atoms with Crippen LogP contribution < -0.4 is 11.1 Å². The molecule has 0 bridgehead atoms. The zero-order valence-corrected chi connectivity index (χ0v) is 17.2. The SMILES string of the molecule is NC1(c2ccccc2)CC1c1ccc(NC(=O)c2cccc(-c3ccccc3)c2)cc1. The van der Waals surface area contributed by atoms with E-state index in [9.17, 15) is 4.79 Å². The first kappa shape index (κ1) is 19.3. The molecule has 3 heteroatoms. The Hall–Kier alpha value is -3.69. The second-order valence-corrected chi connectivity index (χ2v) is 8.19. The molecule has 152 valence electrons. The summed E-state index contributed by atoms with van der Waals surface area (Å²) < 4.78 is 0. The van der Waals surface area contributed by atoms with Crippen LogP contribution in [-0.4, -0.2) is 5.91 Å². The zero-order chi connectivity index (χ0) is 21.3. The van der Waals surface area contributed by atoms with Crippen molar-refractivity contribution in [2.45, 2.75) is 17.9 Å². The minimum atomic E-state index is -0.288. The van der Waals surface area contributed by atoms with Crippen molar-refractivity contribution in [1.82, 2.24) is 0 Å². The van der Waals surface area contributed by atoms with Gasteiger partial charge < -0.3 is 11.1 Å². The summed E-state index contributed by atoms with van der Waals surface area (Å²) in [5.74, 6) is 0.191. The Labute approximate surface area is 182 Å². The van der Waals surface area contributed by atoms with E-state index in [1.54, 1.807) is 0 Å². The fourth-order valence-corrected chi connectivity index (χ4v) is 4.23. The standard InChI is InChI=1S/C28H24N2O/c29-28(24-12-5-2-6-13-24)19-26(28)21-14-16-25(17-15-21)30-27(31)23-11-7-10-22(18-23)20-8-3-1-4-9-20/h1-18,26H,19,29H2,(H,30,31). The highest BCUT2D eigenvalue weighted by Crippen LogP contribution is 2.56. The summed E-state index contributed by atoms with van der Waals surface area (Å²) in [6.07, 6.45) is 0.939. The van der Waals surface area contributed by atoms with Crippen LogP contribution in [0.1, 0.15) is 33.8 Å². The van der Waals surface area contributed by atoms with Crippen molar-refractivity contribution >= 4 is 11.6 Å². The number of amides is 1. The van der Waals surface area contributed by atoms with E-state index in [1.807, 2.05) is 84.9 Å². The fourth-order valence-electron chi connectivity index (χ4n) is 4.23. The molecule has 0 aliphatic heterocycles. The molecule has 1 saturated carbocycles. The van der Waals surface area contributed by atoms with E-state index in [1.165, 1.54) is 11.1 Å². The average Bonchev–Trinajstić information content (AvgIpc) is 3.53. The van der Waals surface area contributed by atoms with Gasteiger partial charge in [0.05, 0.1) is 0 Å². The molecular formula is C28H24N2O. The number of hydrogen-bond acceptors (Lipinski definition) is 2. The van der Waals surface area contributed by atoms with Crippen molar-refractivity contribution < 1.29 is 4.79 Å². The summed E-state index contributed by atoms with van der Waals surface area (Å²) in [7, 11) is 0. The summed E-state index contributed by atoms with van der Waals surface area (Å²) in [5, 5.41) is 3.01. The van der Waals surface area contributed by atoms with Crippen LogP contribution in [0.3, 0.4) is 0 Å². The van der Waals surface area contributed by atoms with E-state index >= 15 is 0 Å². The van der Waals surface area contributed by atoms with Crippen LogP contribution >= 0.6 is 0 Å². The van der Waals surface area contributed by atoms with Crippen LogP contribution in [0.2, 0.25) is 0 Å². The maximum Gasteiger partial charge on any atom is 0.255 e. The average molecular weight is 405 g/mol. The molecule has 0 heterocycles. The number of benzene rings is 4. The predicted molar refractivity (Wildman–Crippen MR) is 126 cm³/mol. The largest absolute Gasteiger partial charge is 0.322 e. The normalized spacial score (nSPS) is 19.6. The van der Waals surface area contributed by atoms with Gasteiger partial charge in [-0.3, -0.25) is 4.79 Å². The molecular weight excluding hydrogens is 380 g/mol. The van der Waals surface area contributed by atoms with E-state index in [0.29, 0.717) is 11.5 Å². The maximum atomic E-state index is 12.8. The minimum absolute atomic E-state index is 0.116. The van der Waals surface area contributed by atoms with Crippen molar-refractivity contribution in [3.8, 4) is 11.1 Å². The molecule has 4 aromatic rings. The summed E-state index contributed by atoms with van der Waals surface area (Å²) in [4.78, 5) is 12.8. The number of anilines is 1. The predicted octanol–water partition coefficient (Wildman–Crippen LogP) is 5.95. The van der Waals surface area contributed by atoms with Crippen molar-refractivity contribution in [2.24, 2.45) is 5.73 Å².